The molecule has 0 radical (unpaired) electrons. The molecule has 0 fully saturated rings. The van der Waals surface area contributed by atoms with Crippen LogP contribution < -0.4 is 5.32 Å². The average molecular weight is 205 g/mol. The van der Waals surface area contributed by atoms with Crippen molar-refractivity contribution >= 4 is 11.7 Å². The number of nitrogens with one attached hydrogen (secondary N) is 1. The number of benzene rings is 1. The first kappa shape index (κ1) is 11.4. The zero-order chi connectivity index (χ0) is 11.1. The van der Waals surface area contributed by atoms with Gasteiger partial charge < -0.3 is 5.32 Å². The van der Waals surface area contributed by atoms with Crippen LogP contribution in [-0.2, 0) is 16.0 Å². The molecule has 3 heteroatoms. The molecule has 80 valence electrons. The van der Waals surface area contributed by atoms with E-state index in [2.05, 4.69) is 5.32 Å². The summed E-state index contributed by atoms with van der Waals surface area (Å²) in [5.41, 5.74) is 1.02. The number of amides is 1. The van der Waals surface area contributed by atoms with E-state index in [1.54, 1.807) is 0 Å². The maximum absolute atomic E-state index is 11.4. The van der Waals surface area contributed by atoms with Crippen molar-refractivity contribution in [2.45, 2.75) is 19.8 Å². The van der Waals surface area contributed by atoms with E-state index in [1.165, 1.54) is 6.92 Å². The van der Waals surface area contributed by atoms with Crippen LogP contribution in [0.15, 0.2) is 30.3 Å². The van der Waals surface area contributed by atoms with Gasteiger partial charge in [0.2, 0.25) is 5.91 Å². The summed E-state index contributed by atoms with van der Waals surface area (Å²) in [6.07, 6.45) is 0.842. The van der Waals surface area contributed by atoms with Gasteiger partial charge in [-0.3, -0.25) is 9.59 Å². The van der Waals surface area contributed by atoms with Gasteiger partial charge in [-0.05, 0) is 5.56 Å². The second-order valence-electron chi connectivity index (χ2n) is 3.43. The van der Waals surface area contributed by atoms with Crippen LogP contribution in [0.3, 0.4) is 0 Å². The van der Waals surface area contributed by atoms with Gasteiger partial charge in [-0.25, -0.2) is 0 Å². The summed E-state index contributed by atoms with van der Waals surface area (Å²) < 4.78 is 0. The number of Topliss-reactive ketones (excluding diaryl/α,β-unsaturated/α-hetero) is 1. The van der Waals surface area contributed by atoms with Crippen LogP contribution in [0.25, 0.3) is 0 Å². The van der Waals surface area contributed by atoms with E-state index in [1.807, 2.05) is 30.3 Å². The van der Waals surface area contributed by atoms with E-state index < -0.39 is 0 Å². The Morgan fingerprint density at radius 1 is 1.20 bits per heavy atom. The van der Waals surface area contributed by atoms with Crippen molar-refractivity contribution in [3.8, 4) is 0 Å². The Kier molecular flexibility index (Phi) is 4.54. The molecule has 15 heavy (non-hydrogen) atoms. The number of hydrogen-bond donors (Lipinski definition) is 1. The van der Waals surface area contributed by atoms with Crippen LogP contribution in [0.2, 0.25) is 0 Å². The molecule has 0 heterocycles. The van der Waals surface area contributed by atoms with Gasteiger partial charge >= 0.3 is 0 Å². The Morgan fingerprint density at radius 2 is 1.87 bits per heavy atom. The standard InChI is InChI=1S/C12H15NO2/c1-10(14)13-8-7-12(15)9-11-5-3-2-4-6-11/h2-6H,7-9H2,1H3,(H,13,14). The molecule has 1 aromatic carbocycles. The predicted octanol–water partition coefficient (Wildman–Crippen LogP) is 1.32. The third kappa shape index (κ3) is 4.96. The maximum atomic E-state index is 11.4. The van der Waals surface area contributed by atoms with Crippen molar-refractivity contribution < 1.29 is 9.59 Å². The van der Waals surface area contributed by atoms with Crippen LogP contribution in [0, 0.1) is 0 Å². The van der Waals surface area contributed by atoms with Gasteiger partial charge in [-0.15, -0.1) is 0 Å². The minimum Gasteiger partial charge on any atom is -0.356 e. The Bertz CT molecular complexity index is 333. The molecule has 3 nitrogen and oxygen atoms in total. The average Bonchev–Trinajstić information content (AvgIpc) is 2.18. The highest BCUT2D eigenvalue weighted by atomic mass is 16.1. The zero-order valence-corrected chi connectivity index (χ0v) is 8.82. The number of hydrogen-bond acceptors (Lipinski definition) is 2. The summed E-state index contributed by atoms with van der Waals surface area (Å²) in [5, 5.41) is 2.60. The van der Waals surface area contributed by atoms with Crippen molar-refractivity contribution in [1.82, 2.24) is 5.32 Å². The van der Waals surface area contributed by atoms with Gasteiger partial charge in [0.05, 0.1) is 0 Å². The van der Waals surface area contributed by atoms with Gasteiger partial charge in [0.1, 0.15) is 5.78 Å². The van der Waals surface area contributed by atoms with Crippen LogP contribution >= 0.6 is 0 Å². The Morgan fingerprint density at radius 3 is 2.47 bits per heavy atom. The highest BCUT2D eigenvalue weighted by Crippen LogP contribution is 2.01. The molecule has 0 aliphatic heterocycles. The van der Waals surface area contributed by atoms with Gasteiger partial charge in [0.25, 0.3) is 0 Å². The van der Waals surface area contributed by atoms with E-state index in [9.17, 15) is 9.59 Å². The van der Waals surface area contributed by atoms with Crippen LogP contribution in [0.1, 0.15) is 18.9 Å². The normalized spacial score (nSPS) is 9.67. The summed E-state index contributed by atoms with van der Waals surface area (Å²) in [5.74, 6) is 0.0532. The molecular formula is C12H15NO2. The number of carbonyl (C=O) groups excluding carboxylic acids is 2. The fourth-order valence-electron chi connectivity index (χ4n) is 1.29. The number of rotatable bonds is 5. The Labute approximate surface area is 89.5 Å². The SMILES string of the molecule is CC(=O)NCCC(=O)Cc1ccccc1. The molecule has 0 aliphatic carbocycles. The van der Waals surface area contributed by atoms with Crippen molar-refractivity contribution in [2.24, 2.45) is 0 Å². The molecular weight excluding hydrogens is 190 g/mol. The van der Waals surface area contributed by atoms with Gasteiger partial charge in [-0.1, -0.05) is 30.3 Å². The first-order valence-electron chi connectivity index (χ1n) is 4.98. The summed E-state index contributed by atoms with van der Waals surface area (Å²) in [7, 11) is 0. The molecule has 1 rings (SSSR count). The van der Waals surface area contributed by atoms with Crippen molar-refractivity contribution in [2.75, 3.05) is 6.54 Å². The smallest absolute Gasteiger partial charge is 0.216 e. The summed E-state index contributed by atoms with van der Waals surface area (Å²) >= 11 is 0. The number of carbonyl (C=O) groups is 2. The lowest BCUT2D eigenvalue weighted by Crippen LogP contribution is -2.23. The summed E-state index contributed by atoms with van der Waals surface area (Å²) in [4.78, 5) is 22.0. The molecule has 1 amide bonds. The summed E-state index contributed by atoms with van der Waals surface area (Å²) in [6, 6.07) is 9.60. The van der Waals surface area contributed by atoms with Crippen molar-refractivity contribution in [3.05, 3.63) is 35.9 Å². The predicted molar refractivity (Wildman–Crippen MR) is 58.5 cm³/mol. The highest BCUT2D eigenvalue weighted by Gasteiger charge is 2.03. The van der Waals surface area contributed by atoms with Crippen LogP contribution in [-0.4, -0.2) is 18.2 Å². The molecule has 0 bridgehead atoms. The molecule has 1 N–H and O–H groups in total. The van der Waals surface area contributed by atoms with Gasteiger partial charge in [0, 0.05) is 26.3 Å². The second kappa shape index (κ2) is 5.96. The molecule has 0 aromatic heterocycles. The fraction of sp³-hybridized carbons (Fsp3) is 0.333. The summed E-state index contributed by atoms with van der Waals surface area (Å²) in [6.45, 7) is 1.88. The fourth-order valence-corrected chi connectivity index (χ4v) is 1.29. The van der Waals surface area contributed by atoms with E-state index in [0.29, 0.717) is 19.4 Å². The Hall–Kier alpha value is -1.64. The molecule has 0 saturated heterocycles. The topological polar surface area (TPSA) is 46.2 Å². The minimum atomic E-state index is -0.0949. The lowest BCUT2D eigenvalue weighted by Gasteiger charge is -2.02. The van der Waals surface area contributed by atoms with Crippen LogP contribution in [0.4, 0.5) is 0 Å². The van der Waals surface area contributed by atoms with Crippen molar-refractivity contribution in [3.63, 3.8) is 0 Å². The largest absolute Gasteiger partial charge is 0.356 e. The van der Waals surface area contributed by atoms with Gasteiger partial charge in [0.15, 0.2) is 0 Å². The first-order valence-corrected chi connectivity index (χ1v) is 4.98. The molecule has 0 atom stereocenters. The van der Waals surface area contributed by atoms with Crippen molar-refractivity contribution in [1.29, 1.82) is 0 Å². The monoisotopic (exact) mass is 205 g/mol. The molecule has 0 unspecified atom stereocenters. The van der Waals surface area contributed by atoms with E-state index in [-0.39, 0.29) is 11.7 Å². The number of ketones is 1. The quantitative estimate of drug-likeness (QED) is 0.788. The van der Waals surface area contributed by atoms with E-state index in [0.717, 1.165) is 5.56 Å². The maximum Gasteiger partial charge on any atom is 0.216 e. The second-order valence-corrected chi connectivity index (χ2v) is 3.43. The first-order chi connectivity index (χ1) is 7.18. The lowest BCUT2D eigenvalue weighted by molar-refractivity contribution is -0.119. The van der Waals surface area contributed by atoms with E-state index in [4.69, 9.17) is 0 Å². The molecule has 1 aromatic rings. The minimum absolute atomic E-state index is 0.0949. The zero-order valence-electron chi connectivity index (χ0n) is 8.82. The van der Waals surface area contributed by atoms with E-state index >= 15 is 0 Å². The van der Waals surface area contributed by atoms with Crippen LogP contribution in [0.5, 0.6) is 0 Å². The molecule has 0 spiro atoms. The molecule has 0 saturated carbocycles. The highest BCUT2D eigenvalue weighted by molar-refractivity contribution is 5.81. The third-order valence-electron chi connectivity index (χ3n) is 2.02. The Balaban J connectivity index is 2.28. The van der Waals surface area contributed by atoms with Gasteiger partial charge in [-0.2, -0.15) is 0 Å². The molecule has 0 aliphatic rings. The lowest BCUT2D eigenvalue weighted by atomic mass is 10.1. The third-order valence-corrected chi connectivity index (χ3v) is 2.02.